The number of nitrogens with zero attached hydrogens (tertiary/aromatic N) is 2. The van der Waals surface area contributed by atoms with Crippen LogP contribution in [0.15, 0.2) is 0 Å². The monoisotopic (exact) mass is 200 g/mol. The highest BCUT2D eigenvalue weighted by Gasteiger charge is 2.22. The normalized spacial score (nSPS) is 26.8. The smallest absolute Gasteiger partial charge is 0.0599 e. The summed E-state index contributed by atoms with van der Waals surface area (Å²) in [4.78, 5) is 4.76. The Bertz CT molecular complexity index is 161. The van der Waals surface area contributed by atoms with E-state index in [2.05, 4.69) is 30.7 Å². The minimum atomic E-state index is 0.289. The van der Waals surface area contributed by atoms with E-state index in [4.69, 9.17) is 0 Å². The molecule has 0 aliphatic carbocycles. The van der Waals surface area contributed by atoms with Gasteiger partial charge in [0.2, 0.25) is 0 Å². The fourth-order valence-electron chi connectivity index (χ4n) is 2.18. The van der Waals surface area contributed by atoms with Crippen LogP contribution in [0.1, 0.15) is 20.3 Å². The van der Waals surface area contributed by atoms with Gasteiger partial charge in [0.15, 0.2) is 0 Å². The number of hydrogen-bond donors (Lipinski definition) is 1. The number of rotatable bonds is 3. The van der Waals surface area contributed by atoms with Crippen molar-refractivity contribution in [2.24, 2.45) is 5.92 Å². The maximum Gasteiger partial charge on any atom is 0.0599 e. The van der Waals surface area contributed by atoms with Crippen LogP contribution in [0.3, 0.4) is 0 Å². The van der Waals surface area contributed by atoms with Gasteiger partial charge in [0.1, 0.15) is 0 Å². The van der Waals surface area contributed by atoms with Gasteiger partial charge in [0.25, 0.3) is 0 Å². The molecule has 0 amide bonds. The lowest BCUT2D eigenvalue weighted by atomic mass is 10.1. The molecule has 0 saturated carbocycles. The second-order valence-corrected chi connectivity index (χ2v) is 4.84. The molecular weight excluding hydrogens is 176 g/mol. The lowest BCUT2D eigenvalue weighted by Gasteiger charge is -2.30. The van der Waals surface area contributed by atoms with Crippen molar-refractivity contribution in [1.82, 2.24) is 9.80 Å². The van der Waals surface area contributed by atoms with Crippen LogP contribution in [-0.4, -0.2) is 60.8 Å². The molecule has 0 aromatic rings. The second kappa shape index (κ2) is 5.69. The summed E-state index contributed by atoms with van der Waals surface area (Å²) < 4.78 is 0. The molecular formula is C11H24N2O. The van der Waals surface area contributed by atoms with E-state index in [-0.39, 0.29) is 6.61 Å². The summed E-state index contributed by atoms with van der Waals surface area (Å²) in [6.45, 7) is 9.17. The Morgan fingerprint density at radius 1 is 1.36 bits per heavy atom. The van der Waals surface area contributed by atoms with Crippen LogP contribution < -0.4 is 0 Å². The summed E-state index contributed by atoms with van der Waals surface area (Å²) in [5, 5.41) is 9.35. The molecule has 1 fully saturated rings. The molecule has 0 aromatic heterocycles. The Morgan fingerprint density at radius 2 is 2.07 bits per heavy atom. The summed E-state index contributed by atoms with van der Waals surface area (Å²) in [5.74, 6) is 0.687. The van der Waals surface area contributed by atoms with Crippen molar-refractivity contribution < 1.29 is 5.11 Å². The van der Waals surface area contributed by atoms with Crippen molar-refractivity contribution in [2.75, 3.05) is 39.8 Å². The number of aliphatic hydroxyl groups excluding tert-OH is 1. The Hall–Kier alpha value is -0.120. The highest BCUT2D eigenvalue weighted by atomic mass is 16.3. The first-order chi connectivity index (χ1) is 6.63. The third kappa shape index (κ3) is 3.56. The van der Waals surface area contributed by atoms with Crippen LogP contribution in [0.25, 0.3) is 0 Å². The van der Waals surface area contributed by atoms with Crippen LogP contribution in [-0.2, 0) is 0 Å². The van der Waals surface area contributed by atoms with Crippen molar-refractivity contribution in [3.8, 4) is 0 Å². The molecule has 1 saturated heterocycles. The van der Waals surface area contributed by atoms with Gasteiger partial charge in [-0.15, -0.1) is 0 Å². The van der Waals surface area contributed by atoms with Crippen LogP contribution in [0.5, 0.6) is 0 Å². The third-order valence-corrected chi connectivity index (χ3v) is 2.83. The molecule has 0 bridgehead atoms. The van der Waals surface area contributed by atoms with E-state index in [0.717, 1.165) is 26.2 Å². The Morgan fingerprint density at radius 3 is 2.64 bits per heavy atom. The predicted molar refractivity (Wildman–Crippen MR) is 59.4 cm³/mol. The van der Waals surface area contributed by atoms with Crippen LogP contribution >= 0.6 is 0 Å². The van der Waals surface area contributed by atoms with E-state index in [1.54, 1.807) is 0 Å². The minimum Gasteiger partial charge on any atom is -0.395 e. The molecule has 1 heterocycles. The third-order valence-electron chi connectivity index (χ3n) is 2.83. The average Bonchev–Trinajstić information content (AvgIpc) is 2.27. The van der Waals surface area contributed by atoms with Crippen molar-refractivity contribution >= 4 is 0 Å². The van der Waals surface area contributed by atoms with Crippen LogP contribution in [0.4, 0.5) is 0 Å². The summed E-state index contributed by atoms with van der Waals surface area (Å²) in [6, 6.07) is 0.338. The lowest BCUT2D eigenvalue weighted by molar-refractivity contribution is 0.107. The zero-order valence-corrected chi connectivity index (χ0v) is 9.74. The van der Waals surface area contributed by atoms with E-state index in [0.29, 0.717) is 12.0 Å². The Balaban J connectivity index is 2.51. The molecule has 1 rings (SSSR count). The molecule has 0 spiro atoms. The molecule has 1 aliphatic heterocycles. The van der Waals surface area contributed by atoms with Gasteiger partial charge in [-0.1, -0.05) is 13.8 Å². The van der Waals surface area contributed by atoms with Gasteiger partial charge in [0, 0.05) is 19.1 Å². The predicted octanol–water partition coefficient (Wildman–Crippen LogP) is 0.641. The first-order valence-corrected chi connectivity index (χ1v) is 5.67. The first-order valence-electron chi connectivity index (χ1n) is 5.67. The summed E-state index contributed by atoms with van der Waals surface area (Å²) >= 11 is 0. The van der Waals surface area contributed by atoms with Crippen LogP contribution in [0, 0.1) is 5.92 Å². The second-order valence-electron chi connectivity index (χ2n) is 4.84. The van der Waals surface area contributed by atoms with Crippen molar-refractivity contribution in [3.63, 3.8) is 0 Å². The maximum atomic E-state index is 9.35. The standard InChI is InChI=1S/C11H24N2O/c1-10(2)7-13-6-4-5-12(3)8-11(13)9-14/h10-11,14H,4-9H2,1-3H3. The van der Waals surface area contributed by atoms with E-state index < -0.39 is 0 Å². The summed E-state index contributed by atoms with van der Waals surface area (Å²) in [7, 11) is 2.14. The molecule has 3 heteroatoms. The summed E-state index contributed by atoms with van der Waals surface area (Å²) in [6.07, 6.45) is 1.22. The summed E-state index contributed by atoms with van der Waals surface area (Å²) in [5.41, 5.74) is 0. The molecule has 1 unspecified atom stereocenters. The van der Waals surface area contributed by atoms with Gasteiger partial charge in [-0.05, 0) is 32.5 Å². The van der Waals surface area contributed by atoms with E-state index >= 15 is 0 Å². The fourth-order valence-corrected chi connectivity index (χ4v) is 2.18. The molecule has 0 radical (unpaired) electrons. The topological polar surface area (TPSA) is 26.7 Å². The maximum absolute atomic E-state index is 9.35. The largest absolute Gasteiger partial charge is 0.395 e. The number of aliphatic hydroxyl groups is 1. The molecule has 0 aromatic carbocycles. The minimum absolute atomic E-state index is 0.289. The molecule has 3 nitrogen and oxygen atoms in total. The SMILES string of the molecule is CC(C)CN1CCCN(C)CC1CO. The van der Waals surface area contributed by atoms with Crippen molar-refractivity contribution in [2.45, 2.75) is 26.3 Å². The van der Waals surface area contributed by atoms with Crippen molar-refractivity contribution in [1.29, 1.82) is 0 Å². The van der Waals surface area contributed by atoms with Gasteiger partial charge < -0.3 is 10.0 Å². The Kier molecular flexibility index (Phi) is 4.85. The van der Waals surface area contributed by atoms with Gasteiger partial charge in [0.05, 0.1) is 6.61 Å². The molecule has 1 N–H and O–H groups in total. The highest BCUT2D eigenvalue weighted by molar-refractivity contribution is 4.78. The molecule has 14 heavy (non-hydrogen) atoms. The fraction of sp³-hybridized carbons (Fsp3) is 1.00. The van der Waals surface area contributed by atoms with Crippen molar-refractivity contribution in [3.05, 3.63) is 0 Å². The van der Waals surface area contributed by atoms with Gasteiger partial charge in [-0.3, -0.25) is 4.90 Å². The lowest BCUT2D eigenvalue weighted by Crippen LogP contribution is -2.44. The molecule has 1 atom stereocenters. The van der Waals surface area contributed by atoms with Gasteiger partial charge in [-0.25, -0.2) is 0 Å². The van der Waals surface area contributed by atoms with E-state index in [1.165, 1.54) is 6.42 Å². The van der Waals surface area contributed by atoms with E-state index in [9.17, 15) is 5.11 Å². The number of likely N-dealkylation sites (N-methyl/N-ethyl adjacent to an activating group) is 1. The Labute approximate surface area is 87.7 Å². The molecule has 84 valence electrons. The highest BCUT2D eigenvalue weighted by Crippen LogP contribution is 2.10. The number of hydrogen-bond acceptors (Lipinski definition) is 3. The van der Waals surface area contributed by atoms with Crippen LogP contribution in [0.2, 0.25) is 0 Å². The quantitative estimate of drug-likeness (QED) is 0.724. The first kappa shape index (κ1) is 12.0. The molecule has 1 aliphatic rings. The zero-order valence-electron chi connectivity index (χ0n) is 9.74. The average molecular weight is 200 g/mol. The van der Waals surface area contributed by atoms with E-state index in [1.807, 2.05) is 0 Å². The zero-order chi connectivity index (χ0) is 10.6. The van der Waals surface area contributed by atoms with Gasteiger partial charge in [-0.2, -0.15) is 0 Å². The van der Waals surface area contributed by atoms with Gasteiger partial charge >= 0.3 is 0 Å².